The van der Waals surface area contributed by atoms with Gasteiger partial charge in [-0.15, -0.1) is 0 Å². The number of carbonyl (C=O) groups excluding carboxylic acids is 1. The number of likely N-dealkylation sites (tertiary alicyclic amines) is 1. The Kier molecular flexibility index (Phi) is 6.86. The van der Waals surface area contributed by atoms with Crippen molar-refractivity contribution in [2.75, 3.05) is 26.2 Å². The highest BCUT2D eigenvalue weighted by molar-refractivity contribution is 5.74. The molecule has 2 rings (SSSR count). The molecule has 2 unspecified atom stereocenters. The smallest absolute Gasteiger partial charge is 0.315 e. The summed E-state index contributed by atoms with van der Waals surface area (Å²) < 4.78 is 0. The van der Waals surface area contributed by atoms with E-state index in [1.165, 1.54) is 5.56 Å². The predicted molar refractivity (Wildman–Crippen MR) is 92.1 cm³/mol. The van der Waals surface area contributed by atoms with Gasteiger partial charge in [0.05, 0.1) is 0 Å². The Morgan fingerprint density at radius 1 is 1.22 bits per heavy atom. The van der Waals surface area contributed by atoms with E-state index in [4.69, 9.17) is 5.11 Å². The van der Waals surface area contributed by atoms with Crippen molar-refractivity contribution < 1.29 is 9.90 Å². The lowest BCUT2D eigenvalue weighted by Crippen LogP contribution is -2.56. The van der Waals surface area contributed by atoms with E-state index < -0.39 is 0 Å². The number of rotatable bonds is 6. The van der Waals surface area contributed by atoms with Gasteiger partial charge >= 0.3 is 6.03 Å². The Labute approximate surface area is 139 Å². The molecule has 0 radical (unpaired) electrons. The minimum Gasteiger partial charge on any atom is -0.396 e. The van der Waals surface area contributed by atoms with E-state index in [0.717, 1.165) is 19.6 Å². The van der Waals surface area contributed by atoms with Gasteiger partial charge in [-0.3, -0.25) is 4.90 Å². The first-order chi connectivity index (χ1) is 11.1. The summed E-state index contributed by atoms with van der Waals surface area (Å²) in [6.07, 6.45) is 0.591. The third-order valence-electron chi connectivity index (χ3n) is 4.49. The first-order valence-electron chi connectivity index (χ1n) is 8.51. The van der Waals surface area contributed by atoms with Crippen molar-refractivity contribution in [3.05, 3.63) is 35.9 Å². The van der Waals surface area contributed by atoms with Gasteiger partial charge in [-0.2, -0.15) is 0 Å². The molecular weight excluding hydrogens is 290 g/mol. The van der Waals surface area contributed by atoms with Crippen LogP contribution in [0, 0.1) is 11.8 Å². The lowest BCUT2D eigenvalue weighted by atomic mass is 9.85. The highest BCUT2D eigenvalue weighted by Gasteiger charge is 2.32. The molecule has 1 fully saturated rings. The zero-order chi connectivity index (χ0) is 16.7. The average molecular weight is 319 g/mol. The second kappa shape index (κ2) is 8.89. The number of piperidine rings is 1. The van der Waals surface area contributed by atoms with Gasteiger partial charge in [-0.05, 0) is 23.8 Å². The molecule has 23 heavy (non-hydrogen) atoms. The van der Waals surface area contributed by atoms with Crippen molar-refractivity contribution in [2.24, 2.45) is 11.8 Å². The minimum atomic E-state index is -0.126. The van der Waals surface area contributed by atoms with Crippen molar-refractivity contribution in [1.29, 1.82) is 0 Å². The number of nitrogens with zero attached hydrogens (tertiary/aromatic N) is 1. The predicted octanol–water partition coefficient (Wildman–Crippen LogP) is 1.82. The van der Waals surface area contributed by atoms with Crippen LogP contribution >= 0.6 is 0 Å². The van der Waals surface area contributed by atoms with Crippen LogP contribution < -0.4 is 10.6 Å². The van der Waals surface area contributed by atoms with E-state index in [-0.39, 0.29) is 18.7 Å². The van der Waals surface area contributed by atoms with E-state index in [2.05, 4.69) is 53.6 Å². The number of carbonyl (C=O) groups is 1. The molecule has 5 nitrogen and oxygen atoms in total. The van der Waals surface area contributed by atoms with Crippen molar-refractivity contribution in [2.45, 2.75) is 32.9 Å². The highest BCUT2D eigenvalue weighted by Crippen LogP contribution is 2.23. The molecule has 1 aromatic carbocycles. The molecule has 0 bridgehead atoms. The van der Waals surface area contributed by atoms with Crippen LogP contribution in [-0.2, 0) is 6.54 Å². The molecule has 0 spiro atoms. The highest BCUT2D eigenvalue weighted by atomic mass is 16.3. The van der Waals surface area contributed by atoms with Crippen molar-refractivity contribution >= 4 is 6.03 Å². The van der Waals surface area contributed by atoms with Gasteiger partial charge < -0.3 is 15.7 Å². The molecule has 1 aliphatic rings. The molecule has 1 saturated heterocycles. The van der Waals surface area contributed by atoms with Crippen LogP contribution in [-0.4, -0.2) is 48.3 Å². The molecule has 5 heteroatoms. The minimum absolute atomic E-state index is 0.102. The quantitative estimate of drug-likeness (QED) is 0.701. The fraction of sp³-hybridized carbons (Fsp3) is 0.611. The summed E-state index contributed by atoms with van der Waals surface area (Å²) in [6.45, 7) is 7.95. The number of hydrogen-bond acceptors (Lipinski definition) is 3. The number of aliphatic hydroxyl groups is 1. The topological polar surface area (TPSA) is 64.6 Å². The number of urea groups is 1. The largest absolute Gasteiger partial charge is 0.396 e. The van der Waals surface area contributed by atoms with Crippen molar-refractivity contribution in [3.63, 3.8) is 0 Å². The molecule has 0 saturated carbocycles. The third-order valence-corrected chi connectivity index (χ3v) is 4.49. The van der Waals surface area contributed by atoms with Crippen LogP contribution in [0.3, 0.4) is 0 Å². The summed E-state index contributed by atoms with van der Waals surface area (Å²) >= 11 is 0. The molecule has 128 valence electrons. The van der Waals surface area contributed by atoms with Crippen molar-refractivity contribution in [3.8, 4) is 0 Å². The maximum Gasteiger partial charge on any atom is 0.315 e. The van der Waals surface area contributed by atoms with Gasteiger partial charge in [0.1, 0.15) is 0 Å². The normalized spacial score (nSPS) is 25.1. The molecule has 1 heterocycles. The van der Waals surface area contributed by atoms with Gasteiger partial charge in [0.15, 0.2) is 0 Å². The van der Waals surface area contributed by atoms with Gasteiger partial charge in [0.2, 0.25) is 0 Å². The lowest BCUT2D eigenvalue weighted by molar-refractivity contribution is 0.0981. The van der Waals surface area contributed by atoms with Gasteiger partial charge in [0, 0.05) is 38.8 Å². The maximum atomic E-state index is 11.9. The lowest BCUT2D eigenvalue weighted by Gasteiger charge is -2.41. The zero-order valence-corrected chi connectivity index (χ0v) is 14.2. The monoisotopic (exact) mass is 319 g/mol. The second-order valence-corrected chi connectivity index (χ2v) is 6.64. The van der Waals surface area contributed by atoms with Crippen LogP contribution in [0.5, 0.6) is 0 Å². The molecule has 1 aromatic rings. The van der Waals surface area contributed by atoms with E-state index >= 15 is 0 Å². The van der Waals surface area contributed by atoms with Crippen LogP contribution in [0.25, 0.3) is 0 Å². The van der Waals surface area contributed by atoms with Crippen LogP contribution in [0.4, 0.5) is 4.79 Å². The number of aliphatic hydroxyl groups excluding tert-OH is 1. The fourth-order valence-corrected chi connectivity index (χ4v) is 3.42. The number of nitrogens with one attached hydrogen (secondary N) is 2. The first-order valence-corrected chi connectivity index (χ1v) is 8.51. The Balaban J connectivity index is 1.83. The Hall–Kier alpha value is -1.59. The molecule has 1 aliphatic heterocycles. The van der Waals surface area contributed by atoms with E-state index in [0.29, 0.717) is 24.8 Å². The van der Waals surface area contributed by atoms with Gasteiger partial charge in [0.25, 0.3) is 0 Å². The number of benzene rings is 1. The van der Waals surface area contributed by atoms with E-state index in [1.54, 1.807) is 0 Å². The SMILES string of the molecule is CC1CN(Cc2ccccc2)CC(C)C1NC(=O)NCCCO. The van der Waals surface area contributed by atoms with E-state index in [9.17, 15) is 4.79 Å². The second-order valence-electron chi connectivity index (χ2n) is 6.64. The summed E-state index contributed by atoms with van der Waals surface area (Å²) in [6, 6.07) is 10.6. The Morgan fingerprint density at radius 3 is 2.48 bits per heavy atom. The average Bonchev–Trinajstić information content (AvgIpc) is 2.52. The van der Waals surface area contributed by atoms with Gasteiger partial charge in [-0.25, -0.2) is 4.79 Å². The summed E-state index contributed by atoms with van der Waals surface area (Å²) in [5, 5.41) is 14.7. The molecule has 0 aromatic heterocycles. The zero-order valence-electron chi connectivity index (χ0n) is 14.2. The summed E-state index contributed by atoms with van der Waals surface area (Å²) in [5.41, 5.74) is 1.33. The molecule has 3 N–H and O–H groups in total. The summed E-state index contributed by atoms with van der Waals surface area (Å²) in [4.78, 5) is 14.4. The summed E-state index contributed by atoms with van der Waals surface area (Å²) in [5.74, 6) is 0.817. The summed E-state index contributed by atoms with van der Waals surface area (Å²) in [7, 11) is 0. The molecular formula is C18H29N3O2. The van der Waals surface area contributed by atoms with Crippen molar-refractivity contribution in [1.82, 2.24) is 15.5 Å². The fourth-order valence-electron chi connectivity index (χ4n) is 3.42. The third kappa shape index (κ3) is 5.52. The number of amides is 2. The van der Waals surface area contributed by atoms with E-state index in [1.807, 2.05) is 6.07 Å². The standard InChI is InChI=1S/C18H29N3O2/c1-14-11-21(13-16-7-4-3-5-8-16)12-15(2)17(14)20-18(23)19-9-6-10-22/h3-5,7-8,14-15,17,22H,6,9-13H2,1-2H3,(H2,19,20,23). The first kappa shape index (κ1) is 17.8. The van der Waals surface area contributed by atoms with Crippen LogP contribution in [0.2, 0.25) is 0 Å². The van der Waals surface area contributed by atoms with Gasteiger partial charge in [-0.1, -0.05) is 44.2 Å². The molecule has 2 amide bonds. The molecule has 2 atom stereocenters. The Morgan fingerprint density at radius 2 is 1.87 bits per heavy atom. The van der Waals surface area contributed by atoms with Crippen LogP contribution in [0.15, 0.2) is 30.3 Å². The Bertz CT molecular complexity index is 468. The molecule has 0 aliphatic carbocycles. The number of hydrogen-bond donors (Lipinski definition) is 3. The van der Waals surface area contributed by atoms with Crippen LogP contribution in [0.1, 0.15) is 25.8 Å². The maximum absolute atomic E-state index is 11.9.